The highest BCUT2D eigenvalue weighted by Crippen LogP contribution is 2.34. The molecule has 1 fully saturated rings. The van der Waals surface area contributed by atoms with E-state index in [1.165, 1.54) is 5.56 Å². The van der Waals surface area contributed by atoms with E-state index >= 15 is 0 Å². The Hall–Kier alpha value is -2.95. The van der Waals surface area contributed by atoms with Crippen LogP contribution in [0.5, 0.6) is 0 Å². The van der Waals surface area contributed by atoms with Crippen molar-refractivity contribution in [1.82, 2.24) is 15.0 Å². The average Bonchev–Trinajstić information content (AvgIpc) is 3.29. The maximum Gasteiger partial charge on any atom is 0.249 e. The van der Waals surface area contributed by atoms with Crippen LogP contribution in [0.15, 0.2) is 53.1 Å². The number of rotatable bonds is 4. The third kappa shape index (κ3) is 3.95. The number of carbonyl (C=O) groups excluding carboxylic acids is 1. The molecule has 2 aromatic carbocycles. The van der Waals surface area contributed by atoms with Crippen molar-refractivity contribution in [3.8, 4) is 11.4 Å². The van der Waals surface area contributed by atoms with Crippen LogP contribution in [-0.2, 0) is 16.8 Å². The van der Waals surface area contributed by atoms with Gasteiger partial charge in [-0.2, -0.15) is 4.98 Å². The highest BCUT2D eigenvalue weighted by Gasteiger charge is 2.36. The Morgan fingerprint density at radius 3 is 2.52 bits per heavy atom. The number of hydrogen-bond donors (Lipinski definition) is 0. The summed E-state index contributed by atoms with van der Waals surface area (Å²) in [7, 11) is 0. The smallest absolute Gasteiger partial charge is 0.249 e. The van der Waals surface area contributed by atoms with Gasteiger partial charge in [-0.05, 0) is 35.4 Å². The summed E-state index contributed by atoms with van der Waals surface area (Å²) in [5.41, 5.74) is 4.55. The second-order valence-electron chi connectivity index (χ2n) is 8.79. The molecule has 1 aliphatic rings. The van der Waals surface area contributed by atoms with Crippen LogP contribution in [0, 0.1) is 6.92 Å². The van der Waals surface area contributed by atoms with Gasteiger partial charge in [0.1, 0.15) is 6.04 Å². The molecular formula is C24H27N3O2. The summed E-state index contributed by atoms with van der Waals surface area (Å²) in [5, 5.41) is 4.17. The van der Waals surface area contributed by atoms with Gasteiger partial charge in [0.05, 0.1) is 0 Å². The molecule has 1 atom stereocenters. The number of nitrogens with zero attached hydrogens (tertiary/aromatic N) is 3. The zero-order valence-corrected chi connectivity index (χ0v) is 17.5. The first-order chi connectivity index (χ1) is 13.8. The van der Waals surface area contributed by atoms with E-state index in [0.717, 1.165) is 16.7 Å². The van der Waals surface area contributed by atoms with E-state index in [4.69, 9.17) is 4.52 Å². The first-order valence-corrected chi connectivity index (χ1v) is 10.1. The number of benzene rings is 2. The third-order valence-electron chi connectivity index (χ3n) is 5.61. The molecule has 29 heavy (non-hydrogen) atoms. The summed E-state index contributed by atoms with van der Waals surface area (Å²) in [4.78, 5) is 19.0. The third-order valence-corrected chi connectivity index (χ3v) is 5.61. The van der Waals surface area contributed by atoms with E-state index in [1.54, 1.807) is 0 Å². The van der Waals surface area contributed by atoms with Crippen molar-refractivity contribution in [3.05, 3.63) is 71.1 Å². The second kappa shape index (κ2) is 7.47. The number of carbonyl (C=O) groups is 1. The Bertz CT molecular complexity index is 1020. The molecule has 0 aliphatic carbocycles. The molecule has 0 bridgehead atoms. The van der Waals surface area contributed by atoms with Gasteiger partial charge in [-0.15, -0.1) is 0 Å². The lowest BCUT2D eigenvalue weighted by Gasteiger charge is -2.23. The zero-order valence-electron chi connectivity index (χ0n) is 17.5. The highest BCUT2D eigenvalue weighted by molar-refractivity contribution is 5.78. The second-order valence-corrected chi connectivity index (χ2v) is 8.79. The Kier molecular flexibility index (Phi) is 4.99. The quantitative estimate of drug-likeness (QED) is 0.615. The molecule has 0 saturated carbocycles. The van der Waals surface area contributed by atoms with Crippen molar-refractivity contribution in [3.63, 3.8) is 0 Å². The lowest BCUT2D eigenvalue weighted by atomic mass is 9.87. The fourth-order valence-electron chi connectivity index (χ4n) is 3.80. The minimum atomic E-state index is -0.171. The van der Waals surface area contributed by atoms with Crippen molar-refractivity contribution < 1.29 is 9.32 Å². The Labute approximate surface area is 171 Å². The fraction of sp³-hybridized carbons (Fsp3) is 0.375. The van der Waals surface area contributed by atoms with Gasteiger partial charge in [0.15, 0.2) is 0 Å². The molecule has 1 aromatic heterocycles. The zero-order chi connectivity index (χ0) is 20.6. The lowest BCUT2D eigenvalue weighted by molar-refractivity contribution is -0.129. The first kappa shape index (κ1) is 19.4. The van der Waals surface area contributed by atoms with E-state index in [1.807, 2.05) is 36.1 Å². The molecule has 2 heterocycles. The van der Waals surface area contributed by atoms with Crippen molar-refractivity contribution in [1.29, 1.82) is 0 Å². The van der Waals surface area contributed by atoms with Crippen LogP contribution < -0.4 is 0 Å². The molecule has 5 heteroatoms. The molecule has 150 valence electrons. The van der Waals surface area contributed by atoms with Crippen LogP contribution in [-0.4, -0.2) is 20.9 Å². The molecule has 0 N–H and O–H groups in total. The fourth-order valence-corrected chi connectivity index (χ4v) is 3.80. The average molecular weight is 389 g/mol. The number of hydrogen-bond acceptors (Lipinski definition) is 4. The summed E-state index contributed by atoms with van der Waals surface area (Å²) in [5.74, 6) is 1.22. The molecule has 0 radical (unpaired) electrons. The maximum atomic E-state index is 12.6. The summed E-state index contributed by atoms with van der Waals surface area (Å²) in [6, 6.07) is 16.3. The van der Waals surface area contributed by atoms with Gasteiger partial charge in [-0.1, -0.05) is 74.5 Å². The van der Waals surface area contributed by atoms with Gasteiger partial charge in [0.25, 0.3) is 0 Å². The molecule has 1 saturated heterocycles. The number of amides is 1. The van der Waals surface area contributed by atoms with Crippen LogP contribution in [0.25, 0.3) is 11.4 Å². The van der Waals surface area contributed by atoms with Crippen molar-refractivity contribution in [2.45, 2.75) is 58.5 Å². The van der Waals surface area contributed by atoms with Gasteiger partial charge in [-0.25, -0.2) is 0 Å². The Morgan fingerprint density at radius 2 is 1.83 bits per heavy atom. The van der Waals surface area contributed by atoms with Crippen LogP contribution in [0.3, 0.4) is 0 Å². The SMILES string of the molecule is Cc1ccccc1-c1noc(C2CCC(=O)N2Cc2ccc(C(C)(C)C)cc2)n1. The van der Waals surface area contributed by atoms with E-state index in [0.29, 0.717) is 31.1 Å². The van der Waals surface area contributed by atoms with Crippen LogP contribution >= 0.6 is 0 Å². The van der Waals surface area contributed by atoms with Crippen LogP contribution in [0.1, 0.15) is 62.2 Å². The van der Waals surface area contributed by atoms with E-state index in [2.05, 4.69) is 55.2 Å². The van der Waals surface area contributed by atoms with Gasteiger partial charge in [0.2, 0.25) is 17.6 Å². The normalized spacial score (nSPS) is 17.2. The molecule has 1 amide bonds. The van der Waals surface area contributed by atoms with Gasteiger partial charge in [0, 0.05) is 18.5 Å². The predicted octanol–water partition coefficient (Wildman–Crippen LogP) is 5.21. The summed E-state index contributed by atoms with van der Waals surface area (Å²) < 4.78 is 5.58. The molecule has 0 spiro atoms. The van der Waals surface area contributed by atoms with Crippen molar-refractivity contribution in [2.24, 2.45) is 0 Å². The topological polar surface area (TPSA) is 59.2 Å². The molecule has 1 aliphatic heterocycles. The molecular weight excluding hydrogens is 362 g/mol. The van der Waals surface area contributed by atoms with Crippen molar-refractivity contribution in [2.75, 3.05) is 0 Å². The molecule has 5 nitrogen and oxygen atoms in total. The largest absolute Gasteiger partial charge is 0.337 e. The summed E-state index contributed by atoms with van der Waals surface area (Å²) in [6.45, 7) is 9.17. The predicted molar refractivity (Wildman–Crippen MR) is 112 cm³/mol. The van der Waals surface area contributed by atoms with Crippen LogP contribution in [0.2, 0.25) is 0 Å². The van der Waals surface area contributed by atoms with E-state index in [-0.39, 0.29) is 17.4 Å². The molecule has 1 unspecified atom stereocenters. The number of aryl methyl sites for hydroxylation is 1. The lowest BCUT2D eigenvalue weighted by Crippen LogP contribution is -2.27. The summed E-state index contributed by atoms with van der Waals surface area (Å²) >= 11 is 0. The van der Waals surface area contributed by atoms with E-state index < -0.39 is 0 Å². The Balaban J connectivity index is 1.55. The minimum absolute atomic E-state index is 0.111. The maximum absolute atomic E-state index is 12.6. The molecule has 4 rings (SSSR count). The molecule has 3 aromatic rings. The number of likely N-dealkylation sites (tertiary alicyclic amines) is 1. The first-order valence-electron chi connectivity index (χ1n) is 10.1. The minimum Gasteiger partial charge on any atom is -0.337 e. The Morgan fingerprint density at radius 1 is 1.10 bits per heavy atom. The van der Waals surface area contributed by atoms with Gasteiger partial charge < -0.3 is 9.42 Å². The summed E-state index contributed by atoms with van der Waals surface area (Å²) in [6.07, 6.45) is 1.21. The number of aromatic nitrogens is 2. The highest BCUT2D eigenvalue weighted by atomic mass is 16.5. The standard InChI is InChI=1S/C24H27N3O2/c1-16-7-5-6-8-19(16)22-25-23(29-26-22)20-13-14-21(28)27(20)15-17-9-11-18(12-10-17)24(2,3)4/h5-12,20H,13-15H2,1-4H3. The van der Waals surface area contributed by atoms with Gasteiger partial charge >= 0.3 is 0 Å². The van der Waals surface area contributed by atoms with Crippen LogP contribution in [0.4, 0.5) is 0 Å². The van der Waals surface area contributed by atoms with Gasteiger partial charge in [-0.3, -0.25) is 4.79 Å². The van der Waals surface area contributed by atoms with Crippen molar-refractivity contribution >= 4 is 5.91 Å². The monoisotopic (exact) mass is 389 g/mol. The van der Waals surface area contributed by atoms with E-state index in [9.17, 15) is 4.79 Å².